The van der Waals surface area contributed by atoms with Gasteiger partial charge in [-0.15, -0.1) is 0 Å². The van der Waals surface area contributed by atoms with Crippen LogP contribution in [0, 0.1) is 5.82 Å². The predicted octanol–water partition coefficient (Wildman–Crippen LogP) is 5.82. The molecule has 1 amide bonds. The first-order valence-electron chi connectivity index (χ1n) is 9.48. The molecule has 0 aliphatic heterocycles. The Morgan fingerprint density at radius 3 is 2.47 bits per heavy atom. The number of halogens is 1. The molecule has 0 heterocycles. The number of benzene rings is 4. The van der Waals surface area contributed by atoms with Crippen molar-refractivity contribution in [2.24, 2.45) is 0 Å². The van der Waals surface area contributed by atoms with E-state index in [9.17, 15) is 9.18 Å². The maximum Gasteiger partial charge on any atom is 0.255 e. The first-order valence-corrected chi connectivity index (χ1v) is 9.48. The van der Waals surface area contributed by atoms with Crippen LogP contribution >= 0.6 is 0 Å². The van der Waals surface area contributed by atoms with Crippen LogP contribution in [-0.4, -0.2) is 13.0 Å². The van der Waals surface area contributed by atoms with E-state index in [0.717, 1.165) is 16.5 Å². The topological polar surface area (TPSA) is 47.6 Å². The fourth-order valence-electron chi connectivity index (χ4n) is 3.21. The van der Waals surface area contributed by atoms with Crippen LogP contribution in [0.3, 0.4) is 0 Å². The Labute approximate surface area is 173 Å². The molecule has 0 aliphatic rings. The average Bonchev–Trinajstić information content (AvgIpc) is 2.78. The molecule has 4 rings (SSSR count). The quantitative estimate of drug-likeness (QED) is 0.443. The Kier molecular flexibility index (Phi) is 5.61. The fourth-order valence-corrected chi connectivity index (χ4v) is 3.21. The van der Waals surface area contributed by atoms with Crippen LogP contribution in [0.1, 0.15) is 15.9 Å². The molecule has 5 heteroatoms. The Morgan fingerprint density at radius 1 is 0.900 bits per heavy atom. The summed E-state index contributed by atoms with van der Waals surface area (Å²) >= 11 is 0. The zero-order chi connectivity index (χ0) is 20.9. The maximum absolute atomic E-state index is 13.8. The molecule has 0 atom stereocenters. The van der Waals surface area contributed by atoms with Crippen molar-refractivity contribution in [1.29, 1.82) is 0 Å². The number of para-hydroxylation sites is 1. The number of hydrogen-bond acceptors (Lipinski definition) is 3. The number of ether oxygens (including phenoxy) is 2. The van der Waals surface area contributed by atoms with Crippen LogP contribution in [0.25, 0.3) is 10.8 Å². The van der Waals surface area contributed by atoms with Crippen LogP contribution in [0.15, 0.2) is 84.9 Å². The molecule has 0 spiro atoms. The van der Waals surface area contributed by atoms with E-state index in [1.165, 1.54) is 12.1 Å². The first kappa shape index (κ1) is 19.5. The van der Waals surface area contributed by atoms with Gasteiger partial charge in [-0.25, -0.2) is 4.39 Å². The second kappa shape index (κ2) is 8.66. The molecule has 0 unspecified atom stereocenters. The summed E-state index contributed by atoms with van der Waals surface area (Å²) in [4.78, 5) is 12.6. The van der Waals surface area contributed by atoms with E-state index in [4.69, 9.17) is 9.47 Å². The Morgan fingerprint density at radius 2 is 1.67 bits per heavy atom. The summed E-state index contributed by atoms with van der Waals surface area (Å²) in [5.74, 6) is 0.434. The number of nitrogens with one attached hydrogen (secondary N) is 1. The van der Waals surface area contributed by atoms with Gasteiger partial charge in [0.2, 0.25) is 0 Å². The number of methoxy groups -OCH3 is 1. The fraction of sp³-hybridized carbons (Fsp3) is 0.0800. The van der Waals surface area contributed by atoms with Crippen molar-refractivity contribution in [3.63, 3.8) is 0 Å². The summed E-state index contributed by atoms with van der Waals surface area (Å²) in [5, 5.41) is 4.81. The molecule has 0 fully saturated rings. The minimum absolute atomic E-state index is 0.132. The lowest BCUT2D eigenvalue weighted by Gasteiger charge is -2.13. The molecule has 0 saturated heterocycles. The summed E-state index contributed by atoms with van der Waals surface area (Å²) in [6.45, 7) is 0.225. The number of rotatable bonds is 6. The number of carbonyl (C=O) groups excluding carboxylic acids is 1. The van der Waals surface area contributed by atoms with E-state index in [1.807, 2.05) is 42.5 Å². The van der Waals surface area contributed by atoms with Crippen molar-refractivity contribution in [2.45, 2.75) is 6.61 Å². The molecule has 4 nitrogen and oxygen atoms in total. The van der Waals surface area contributed by atoms with Gasteiger partial charge in [-0.1, -0.05) is 42.5 Å². The molecule has 0 radical (unpaired) electrons. The Balaban J connectivity index is 1.53. The largest absolute Gasteiger partial charge is 0.496 e. The van der Waals surface area contributed by atoms with Crippen LogP contribution in [-0.2, 0) is 6.61 Å². The zero-order valence-corrected chi connectivity index (χ0v) is 16.4. The smallest absolute Gasteiger partial charge is 0.255 e. The highest BCUT2D eigenvalue weighted by molar-refractivity contribution is 6.04. The highest BCUT2D eigenvalue weighted by Crippen LogP contribution is 2.25. The van der Waals surface area contributed by atoms with Crippen molar-refractivity contribution in [3.8, 4) is 11.5 Å². The third kappa shape index (κ3) is 4.25. The van der Waals surface area contributed by atoms with E-state index in [0.29, 0.717) is 16.9 Å². The van der Waals surface area contributed by atoms with Crippen molar-refractivity contribution in [2.75, 3.05) is 12.4 Å². The van der Waals surface area contributed by atoms with Crippen LogP contribution in [0.4, 0.5) is 10.1 Å². The van der Waals surface area contributed by atoms with Gasteiger partial charge in [0.15, 0.2) is 0 Å². The first-order chi connectivity index (χ1) is 14.6. The number of carbonyl (C=O) groups is 1. The van der Waals surface area contributed by atoms with Gasteiger partial charge in [0.25, 0.3) is 5.91 Å². The lowest BCUT2D eigenvalue weighted by Crippen LogP contribution is -2.13. The molecule has 4 aromatic rings. The van der Waals surface area contributed by atoms with Gasteiger partial charge in [0.05, 0.1) is 12.8 Å². The monoisotopic (exact) mass is 401 g/mol. The van der Waals surface area contributed by atoms with Crippen LogP contribution < -0.4 is 14.8 Å². The second-order valence-corrected chi connectivity index (χ2v) is 6.76. The molecule has 0 saturated carbocycles. The molecule has 150 valence electrons. The van der Waals surface area contributed by atoms with Crippen molar-refractivity contribution >= 4 is 22.4 Å². The van der Waals surface area contributed by atoms with Crippen molar-refractivity contribution < 1.29 is 18.7 Å². The molecule has 4 aromatic carbocycles. The van der Waals surface area contributed by atoms with Gasteiger partial charge in [0, 0.05) is 11.1 Å². The van der Waals surface area contributed by atoms with Crippen molar-refractivity contribution in [1.82, 2.24) is 0 Å². The summed E-state index contributed by atoms with van der Waals surface area (Å²) in [6, 6.07) is 25.0. The van der Waals surface area contributed by atoms with E-state index in [1.54, 1.807) is 37.4 Å². The molecule has 0 aliphatic carbocycles. The molecule has 0 aromatic heterocycles. The van der Waals surface area contributed by atoms with E-state index in [-0.39, 0.29) is 12.3 Å². The average molecular weight is 401 g/mol. The molecule has 0 bridgehead atoms. The number of amides is 1. The zero-order valence-electron chi connectivity index (χ0n) is 16.4. The minimum Gasteiger partial charge on any atom is -0.496 e. The van der Waals surface area contributed by atoms with Gasteiger partial charge >= 0.3 is 0 Å². The van der Waals surface area contributed by atoms with E-state index in [2.05, 4.69) is 5.32 Å². The Bertz CT molecular complexity index is 1210. The van der Waals surface area contributed by atoms with Gasteiger partial charge in [-0.05, 0) is 53.2 Å². The molecule has 1 N–H and O–H groups in total. The maximum atomic E-state index is 13.8. The number of fused-ring (bicyclic) bond motifs is 1. The summed E-state index contributed by atoms with van der Waals surface area (Å²) < 4.78 is 25.2. The van der Waals surface area contributed by atoms with Gasteiger partial charge in [-0.3, -0.25) is 4.79 Å². The number of anilines is 1. The summed E-state index contributed by atoms with van der Waals surface area (Å²) in [5.41, 5.74) is 1.23. The third-order valence-corrected chi connectivity index (χ3v) is 4.78. The van der Waals surface area contributed by atoms with Gasteiger partial charge in [-0.2, -0.15) is 0 Å². The highest BCUT2D eigenvalue weighted by Gasteiger charge is 2.13. The lowest BCUT2D eigenvalue weighted by molar-refractivity contribution is 0.102. The van der Waals surface area contributed by atoms with Gasteiger partial charge in [0.1, 0.15) is 23.9 Å². The Hall–Kier alpha value is -3.86. The molecule has 30 heavy (non-hydrogen) atoms. The van der Waals surface area contributed by atoms with Crippen LogP contribution in [0.2, 0.25) is 0 Å². The standard InChI is InChI=1S/C25H20FNO3/c1-29-24-13-11-19(25(28)27-23-9-5-4-8-22(23)26)14-20(24)16-30-21-12-10-17-6-2-3-7-18(17)15-21/h2-15H,16H2,1H3,(H,27,28). The minimum atomic E-state index is -0.487. The lowest BCUT2D eigenvalue weighted by atomic mass is 10.1. The van der Waals surface area contributed by atoms with E-state index >= 15 is 0 Å². The molecular formula is C25H20FNO3. The summed E-state index contributed by atoms with van der Waals surface area (Å²) in [6.07, 6.45) is 0. The van der Waals surface area contributed by atoms with E-state index < -0.39 is 11.7 Å². The van der Waals surface area contributed by atoms with Gasteiger partial charge < -0.3 is 14.8 Å². The second-order valence-electron chi connectivity index (χ2n) is 6.76. The highest BCUT2D eigenvalue weighted by atomic mass is 19.1. The summed E-state index contributed by atoms with van der Waals surface area (Å²) in [7, 11) is 1.56. The van der Waals surface area contributed by atoms with Crippen molar-refractivity contribution in [3.05, 3.63) is 102 Å². The predicted molar refractivity (Wildman–Crippen MR) is 116 cm³/mol. The van der Waals surface area contributed by atoms with Crippen LogP contribution in [0.5, 0.6) is 11.5 Å². The molecular weight excluding hydrogens is 381 g/mol. The third-order valence-electron chi connectivity index (χ3n) is 4.78. The number of hydrogen-bond donors (Lipinski definition) is 1. The SMILES string of the molecule is COc1ccc(C(=O)Nc2ccccc2F)cc1COc1ccc2ccccc2c1. The normalized spacial score (nSPS) is 10.6.